The number of likely N-dealkylation sites (N-methyl/N-ethyl adjacent to an activating group) is 1. The predicted octanol–water partition coefficient (Wildman–Crippen LogP) is 4.24. The van der Waals surface area contributed by atoms with Gasteiger partial charge in [-0.05, 0) is 93.0 Å². The van der Waals surface area contributed by atoms with Gasteiger partial charge in [0.1, 0.15) is 36.0 Å². The van der Waals surface area contributed by atoms with E-state index in [-0.39, 0.29) is 31.5 Å². The number of fused-ring (bicyclic) bond motifs is 1. The van der Waals surface area contributed by atoms with Gasteiger partial charge in [-0.25, -0.2) is 4.79 Å². The maximum absolute atomic E-state index is 14.4. The number of cyclic esters (lactones) is 2. The number of unbranched alkanes of at least 4 members (excludes halogenated alkanes) is 1. The van der Waals surface area contributed by atoms with Crippen LogP contribution in [0.4, 0.5) is 10.5 Å². The van der Waals surface area contributed by atoms with Crippen LogP contribution in [-0.4, -0.2) is 142 Å². The SMILES string of the molecule is CC[C@H]1OC(=O)[C@H](C)C(=O)[C@H](C)[C@@H](O[C@@H]2OC(C)CC(N(C)C)C2O)[C@](C)(OC)C[C@@H](C)C(=O)O[C@H](C)[C@H]2N(CCCCn3cc(-c4cccc(N)c4)nn3)C(=O)O[C@]12C. The first-order valence-electron chi connectivity index (χ1n) is 21.1. The number of nitrogens with zero attached hydrogens (tertiary/aromatic N) is 5. The van der Waals surface area contributed by atoms with Crippen LogP contribution in [0, 0.1) is 17.8 Å². The summed E-state index contributed by atoms with van der Waals surface area (Å²) in [6.45, 7) is 14.3. The predicted molar refractivity (Wildman–Crippen MR) is 220 cm³/mol. The number of aromatic nitrogens is 3. The van der Waals surface area contributed by atoms with E-state index in [9.17, 15) is 24.3 Å². The summed E-state index contributed by atoms with van der Waals surface area (Å²) >= 11 is 0. The highest BCUT2D eigenvalue weighted by Gasteiger charge is 2.60. The van der Waals surface area contributed by atoms with Crippen LogP contribution in [-0.2, 0) is 49.3 Å². The van der Waals surface area contributed by atoms with E-state index in [2.05, 4.69) is 10.3 Å². The number of methoxy groups -OCH3 is 1. The summed E-state index contributed by atoms with van der Waals surface area (Å²) < 4.78 is 38.9. The van der Waals surface area contributed by atoms with E-state index in [4.69, 9.17) is 34.2 Å². The van der Waals surface area contributed by atoms with Gasteiger partial charge in [-0.15, -0.1) is 5.10 Å². The lowest BCUT2D eigenvalue weighted by molar-refractivity contribution is -0.295. The van der Waals surface area contributed by atoms with Crippen molar-refractivity contribution in [3.63, 3.8) is 0 Å². The topological polar surface area (TPSA) is 207 Å². The van der Waals surface area contributed by atoms with Gasteiger partial charge in [0.05, 0.1) is 29.9 Å². The number of benzene rings is 1. The average molecular weight is 843 g/mol. The van der Waals surface area contributed by atoms with Crippen molar-refractivity contribution in [1.29, 1.82) is 0 Å². The number of Topliss-reactive ketones (excluding diaryl/α,β-unsaturated/α-hetero) is 1. The molecule has 3 unspecified atom stereocenters. The zero-order chi connectivity index (χ0) is 44.3. The van der Waals surface area contributed by atoms with E-state index in [0.717, 1.165) is 5.56 Å². The Morgan fingerprint density at radius 2 is 1.72 bits per heavy atom. The summed E-state index contributed by atoms with van der Waals surface area (Å²) in [5.74, 6) is -4.94. The summed E-state index contributed by atoms with van der Waals surface area (Å²) in [7, 11) is 5.18. The van der Waals surface area contributed by atoms with E-state index >= 15 is 0 Å². The largest absolute Gasteiger partial charge is 0.460 e. The summed E-state index contributed by atoms with van der Waals surface area (Å²) in [4.78, 5) is 59.7. The Labute approximate surface area is 353 Å². The van der Waals surface area contributed by atoms with Crippen molar-refractivity contribution in [2.24, 2.45) is 17.8 Å². The van der Waals surface area contributed by atoms with Gasteiger partial charge in [0.15, 0.2) is 17.7 Å². The van der Waals surface area contributed by atoms with Crippen molar-refractivity contribution >= 4 is 29.5 Å². The third-order valence-electron chi connectivity index (χ3n) is 12.7. The number of rotatable bonds is 11. The molecule has 0 saturated carbocycles. The zero-order valence-electron chi connectivity index (χ0n) is 37.0. The molecule has 0 bridgehead atoms. The van der Waals surface area contributed by atoms with Gasteiger partial charge in [0.2, 0.25) is 0 Å². The maximum Gasteiger partial charge on any atom is 0.411 e. The molecule has 13 atom stereocenters. The van der Waals surface area contributed by atoms with Crippen LogP contribution in [0.25, 0.3) is 11.3 Å². The van der Waals surface area contributed by atoms with Crippen molar-refractivity contribution in [3.8, 4) is 11.3 Å². The molecule has 17 nitrogen and oxygen atoms in total. The maximum atomic E-state index is 14.4. The smallest absolute Gasteiger partial charge is 0.411 e. The fourth-order valence-corrected chi connectivity index (χ4v) is 9.20. The average Bonchev–Trinajstić information content (AvgIpc) is 3.78. The van der Waals surface area contributed by atoms with Gasteiger partial charge < -0.3 is 44.2 Å². The molecule has 3 aliphatic rings. The second-order valence-corrected chi connectivity index (χ2v) is 17.5. The third kappa shape index (κ3) is 9.96. The molecular formula is C43H66N6O11. The van der Waals surface area contributed by atoms with Crippen molar-refractivity contribution in [2.45, 2.75) is 154 Å². The van der Waals surface area contributed by atoms with Crippen LogP contribution in [0.15, 0.2) is 30.5 Å². The van der Waals surface area contributed by atoms with Crippen LogP contribution in [0.3, 0.4) is 0 Å². The number of aryl methyl sites for hydroxylation is 1. The summed E-state index contributed by atoms with van der Waals surface area (Å²) in [5.41, 5.74) is 5.32. The van der Waals surface area contributed by atoms with E-state index in [1.807, 2.05) is 50.3 Å². The number of esters is 2. The van der Waals surface area contributed by atoms with Crippen molar-refractivity contribution < 1.29 is 52.7 Å². The van der Waals surface area contributed by atoms with Gasteiger partial charge in [0, 0.05) is 43.4 Å². The number of aliphatic hydroxyl groups excluding tert-OH is 1. The van der Waals surface area contributed by atoms with Gasteiger partial charge in [-0.3, -0.25) is 24.0 Å². The molecular weight excluding hydrogens is 777 g/mol. The lowest BCUT2D eigenvalue weighted by atomic mass is 9.78. The molecule has 60 heavy (non-hydrogen) atoms. The lowest BCUT2D eigenvalue weighted by Gasteiger charge is -2.46. The highest BCUT2D eigenvalue weighted by atomic mass is 16.7. The molecule has 5 rings (SSSR count). The molecule has 4 heterocycles. The van der Waals surface area contributed by atoms with Gasteiger partial charge >= 0.3 is 18.0 Å². The number of hydrogen-bond acceptors (Lipinski definition) is 15. The third-order valence-corrected chi connectivity index (χ3v) is 12.7. The van der Waals surface area contributed by atoms with Crippen LogP contribution in [0.2, 0.25) is 0 Å². The van der Waals surface area contributed by atoms with E-state index in [0.29, 0.717) is 37.2 Å². The van der Waals surface area contributed by atoms with Gasteiger partial charge in [-0.2, -0.15) is 0 Å². The minimum atomic E-state index is -1.46. The summed E-state index contributed by atoms with van der Waals surface area (Å²) in [6.07, 6.45) is -2.34. The molecule has 3 aliphatic heterocycles. The second kappa shape index (κ2) is 19.3. The molecule has 3 saturated heterocycles. The summed E-state index contributed by atoms with van der Waals surface area (Å²) in [5, 5.41) is 20.0. The molecule has 3 fully saturated rings. The molecule has 3 N–H and O–H groups in total. The van der Waals surface area contributed by atoms with Crippen molar-refractivity contribution in [2.75, 3.05) is 33.5 Å². The number of carbonyl (C=O) groups is 4. The Morgan fingerprint density at radius 1 is 1.02 bits per heavy atom. The Bertz CT molecular complexity index is 1830. The number of hydrogen-bond donors (Lipinski definition) is 2. The molecule has 2 aromatic rings. The summed E-state index contributed by atoms with van der Waals surface area (Å²) in [6, 6.07) is 6.23. The van der Waals surface area contributed by atoms with E-state index in [1.54, 1.807) is 52.3 Å². The Balaban J connectivity index is 1.41. The number of amides is 1. The molecule has 0 radical (unpaired) electrons. The number of nitrogens with two attached hydrogens (primary N) is 1. The number of anilines is 1. The highest BCUT2D eigenvalue weighted by molar-refractivity contribution is 6.00. The molecule has 1 aromatic heterocycles. The van der Waals surface area contributed by atoms with Crippen molar-refractivity contribution in [1.82, 2.24) is 24.8 Å². The fourth-order valence-electron chi connectivity index (χ4n) is 9.20. The van der Waals surface area contributed by atoms with E-state index < -0.39 is 89.5 Å². The second-order valence-electron chi connectivity index (χ2n) is 17.5. The highest BCUT2D eigenvalue weighted by Crippen LogP contribution is 2.41. The molecule has 17 heteroatoms. The normalized spacial score (nSPS) is 36.0. The minimum Gasteiger partial charge on any atom is -0.460 e. The monoisotopic (exact) mass is 842 g/mol. The molecule has 1 amide bonds. The Hall–Kier alpha value is -4.16. The molecule has 0 spiro atoms. The van der Waals surface area contributed by atoms with Crippen LogP contribution in [0.1, 0.15) is 87.5 Å². The first kappa shape index (κ1) is 46.9. The zero-order valence-corrected chi connectivity index (χ0v) is 37.0. The minimum absolute atomic E-state index is 0.0337. The number of aliphatic hydroxyl groups is 1. The molecule has 0 aliphatic carbocycles. The standard InChI is InChI=1S/C43H66N6O11/c1-12-33-43(8)36(49(41(54)60-43)19-14-13-18-48-23-31(45-46-48)29-16-15-17-30(44)21-29)28(6)57-38(52)24(2)22-42(7,55-11)37(26(4)34(50)27(5)39(53)58-33)59-40-35(51)32(47(9)10)20-25(3)56-40/h15-17,21,23-28,32-33,35-37,40,51H,12-14,18-20,22,44H2,1-11H3/t24-,25?,26+,27-,28-,32?,33-,35?,36-,37-,40+,42-,43-/m1/s1. The fraction of sp³-hybridized carbons (Fsp3) is 0.721. The number of ether oxygens (including phenoxy) is 6. The van der Waals surface area contributed by atoms with E-state index in [1.165, 1.54) is 18.9 Å². The number of nitrogen functional groups attached to an aromatic ring is 1. The van der Waals surface area contributed by atoms with Crippen LogP contribution in [0.5, 0.6) is 0 Å². The van der Waals surface area contributed by atoms with Crippen molar-refractivity contribution in [3.05, 3.63) is 30.5 Å². The van der Waals surface area contributed by atoms with Crippen LogP contribution < -0.4 is 5.73 Å². The number of carbonyl (C=O) groups excluding carboxylic acids is 4. The van der Waals surface area contributed by atoms with Crippen LogP contribution >= 0.6 is 0 Å². The Kier molecular flexibility index (Phi) is 15.1. The van der Waals surface area contributed by atoms with Gasteiger partial charge in [-0.1, -0.05) is 38.1 Å². The van der Waals surface area contributed by atoms with Gasteiger partial charge in [0.25, 0.3) is 0 Å². The molecule has 334 valence electrons. The Morgan fingerprint density at radius 3 is 2.37 bits per heavy atom. The first-order chi connectivity index (χ1) is 28.2. The number of ketones is 1. The molecule has 1 aromatic carbocycles. The lowest BCUT2D eigenvalue weighted by Crippen LogP contribution is -2.59. The quantitative estimate of drug-likeness (QED) is 0.107. The first-order valence-corrected chi connectivity index (χ1v) is 21.1.